The van der Waals surface area contributed by atoms with E-state index >= 15 is 0 Å². The number of nitrogens with zero attached hydrogens (tertiary/aromatic N) is 3. The Kier molecular flexibility index (Phi) is 4.99. The highest BCUT2D eigenvalue weighted by atomic mass is 16.1. The number of carbonyl (C=O) groups excluding carboxylic acids is 1. The molecule has 0 saturated heterocycles. The number of rotatable bonds is 5. The first kappa shape index (κ1) is 16.6. The van der Waals surface area contributed by atoms with Gasteiger partial charge in [-0.05, 0) is 37.1 Å². The first-order chi connectivity index (χ1) is 12.1. The molecule has 0 aliphatic carbocycles. The van der Waals surface area contributed by atoms with E-state index in [1.807, 2.05) is 44.2 Å². The molecule has 126 valence electrons. The van der Waals surface area contributed by atoms with Gasteiger partial charge in [-0.25, -0.2) is 9.97 Å². The van der Waals surface area contributed by atoms with Crippen molar-refractivity contribution >= 4 is 17.4 Å². The normalized spacial score (nSPS) is 10.3. The average Bonchev–Trinajstić information content (AvgIpc) is 2.63. The molecule has 0 fully saturated rings. The van der Waals surface area contributed by atoms with E-state index in [1.54, 1.807) is 18.5 Å². The predicted octanol–water partition coefficient (Wildman–Crippen LogP) is 3.35. The van der Waals surface area contributed by atoms with Crippen LogP contribution in [0.2, 0.25) is 0 Å². The molecule has 1 aromatic carbocycles. The van der Waals surface area contributed by atoms with Crippen LogP contribution < -0.4 is 10.6 Å². The standard InChI is InChI=1S/C19H19N5O/c1-13-5-6-16(14(2)8-13)24-19(25)17-9-18(23-12-22-17)21-11-15-4-3-7-20-10-15/h3-10,12H,11H2,1-2H3,(H,24,25)(H,21,22,23). The first-order valence-corrected chi connectivity index (χ1v) is 7.95. The van der Waals surface area contributed by atoms with Gasteiger partial charge in [-0.2, -0.15) is 0 Å². The Balaban J connectivity index is 1.69. The molecule has 0 spiro atoms. The lowest BCUT2D eigenvalue weighted by atomic mass is 10.1. The lowest BCUT2D eigenvalue weighted by Gasteiger charge is -2.10. The molecule has 0 aliphatic rings. The summed E-state index contributed by atoms with van der Waals surface area (Å²) in [6, 6.07) is 11.4. The minimum absolute atomic E-state index is 0.265. The molecular formula is C19H19N5O. The maximum Gasteiger partial charge on any atom is 0.274 e. The summed E-state index contributed by atoms with van der Waals surface area (Å²) in [7, 11) is 0. The predicted molar refractivity (Wildman–Crippen MR) is 97.5 cm³/mol. The van der Waals surface area contributed by atoms with Crippen LogP contribution in [-0.4, -0.2) is 20.9 Å². The van der Waals surface area contributed by atoms with E-state index < -0.39 is 0 Å². The maximum atomic E-state index is 12.4. The highest BCUT2D eigenvalue weighted by molar-refractivity contribution is 6.03. The summed E-state index contributed by atoms with van der Waals surface area (Å²) in [5, 5.41) is 6.06. The van der Waals surface area contributed by atoms with E-state index in [1.165, 1.54) is 6.33 Å². The third-order valence-corrected chi connectivity index (χ3v) is 3.73. The van der Waals surface area contributed by atoms with Crippen LogP contribution in [0.4, 0.5) is 11.5 Å². The van der Waals surface area contributed by atoms with Crippen LogP contribution in [0.25, 0.3) is 0 Å². The smallest absolute Gasteiger partial charge is 0.274 e. The van der Waals surface area contributed by atoms with Gasteiger partial charge in [-0.15, -0.1) is 0 Å². The van der Waals surface area contributed by atoms with Crippen LogP contribution in [0.3, 0.4) is 0 Å². The van der Waals surface area contributed by atoms with E-state index in [0.717, 1.165) is 22.4 Å². The molecule has 3 rings (SSSR count). The van der Waals surface area contributed by atoms with Crippen molar-refractivity contribution in [3.63, 3.8) is 0 Å². The fourth-order valence-corrected chi connectivity index (χ4v) is 2.41. The highest BCUT2D eigenvalue weighted by Crippen LogP contribution is 2.17. The molecule has 0 aliphatic heterocycles. The number of benzene rings is 1. The van der Waals surface area contributed by atoms with Gasteiger partial charge in [-0.3, -0.25) is 9.78 Å². The van der Waals surface area contributed by atoms with Gasteiger partial charge in [0.2, 0.25) is 0 Å². The van der Waals surface area contributed by atoms with Crippen molar-refractivity contribution in [2.75, 3.05) is 10.6 Å². The van der Waals surface area contributed by atoms with Gasteiger partial charge in [0.25, 0.3) is 5.91 Å². The second-order valence-corrected chi connectivity index (χ2v) is 5.78. The number of hydrogen-bond donors (Lipinski definition) is 2. The molecule has 2 N–H and O–H groups in total. The molecule has 0 radical (unpaired) electrons. The van der Waals surface area contributed by atoms with Crippen LogP contribution in [0.15, 0.2) is 55.1 Å². The van der Waals surface area contributed by atoms with E-state index in [-0.39, 0.29) is 5.91 Å². The second kappa shape index (κ2) is 7.53. The average molecular weight is 333 g/mol. The lowest BCUT2D eigenvalue weighted by Crippen LogP contribution is -2.15. The molecule has 1 amide bonds. The van der Waals surface area contributed by atoms with Gasteiger partial charge in [0.05, 0.1) is 0 Å². The van der Waals surface area contributed by atoms with E-state index in [9.17, 15) is 4.79 Å². The van der Waals surface area contributed by atoms with Crippen molar-refractivity contribution in [2.45, 2.75) is 20.4 Å². The van der Waals surface area contributed by atoms with Crippen LogP contribution >= 0.6 is 0 Å². The van der Waals surface area contributed by atoms with Crippen LogP contribution in [-0.2, 0) is 6.54 Å². The third kappa shape index (κ3) is 4.38. The first-order valence-electron chi connectivity index (χ1n) is 7.95. The number of aryl methyl sites for hydroxylation is 2. The zero-order chi connectivity index (χ0) is 17.6. The van der Waals surface area contributed by atoms with Crippen molar-refractivity contribution in [1.29, 1.82) is 0 Å². The van der Waals surface area contributed by atoms with Crippen molar-refractivity contribution in [2.24, 2.45) is 0 Å². The Morgan fingerprint density at radius 2 is 2.00 bits per heavy atom. The molecule has 0 bridgehead atoms. The number of hydrogen-bond acceptors (Lipinski definition) is 5. The Morgan fingerprint density at radius 3 is 2.76 bits per heavy atom. The largest absolute Gasteiger partial charge is 0.366 e. The van der Waals surface area contributed by atoms with Gasteiger partial charge in [0.15, 0.2) is 0 Å². The summed E-state index contributed by atoms with van der Waals surface area (Å²) in [6.45, 7) is 4.55. The number of carbonyl (C=O) groups is 1. The van der Waals surface area contributed by atoms with Crippen LogP contribution in [0.1, 0.15) is 27.2 Å². The molecule has 0 atom stereocenters. The summed E-state index contributed by atoms with van der Waals surface area (Å²) >= 11 is 0. The minimum Gasteiger partial charge on any atom is -0.366 e. The highest BCUT2D eigenvalue weighted by Gasteiger charge is 2.10. The molecular weight excluding hydrogens is 314 g/mol. The van der Waals surface area contributed by atoms with Crippen molar-refractivity contribution < 1.29 is 4.79 Å². The number of pyridine rings is 1. The van der Waals surface area contributed by atoms with Gasteiger partial charge < -0.3 is 10.6 Å². The summed E-state index contributed by atoms with van der Waals surface area (Å²) in [5.41, 5.74) is 4.28. The Hall–Kier alpha value is -3.28. The molecule has 0 saturated carbocycles. The van der Waals surface area contributed by atoms with Crippen molar-refractivity contribution in [1.82, 2.24) is 15.0 Å². The Bertz CT molecular complexity index is 880. The Morgan fingerprint density at radius 1 is 1.12 bits per heavy atom. The quantitative estimate of drug-likeness (QED) is 0.748. The molecule has 6 heteroatoms. The zero-order valence-corrected chi connectivity index (χ0v) is 14.2. The lowest BCUT2D eigenvalue weighted by molar-refractivity contribution is 0.102. The summed E-state index contributed by atoms with van der Waals surface area (Å²) in [5.74, 6) is 0.323. The van der Waals surface area contributed by atoms with Crippen LogP contribution in [0.5, 0.6) is 0 Å². The summed E-state index contributed by atoms with van der Waals surface area (Å²) < 4.78 is 0. The number of anilines is 2. The minimum atomic E-state index is -0.265. The SMILES string of the molecule is Cc1ccc(NC(=O)c2cc(NCc3cccnc3)ncn2)c(C)c1. The maximum absolute atomic E-state index is 12.4. The van der Waals surface area contributed by atoms with E-state index in [4.69, 9.17) is 0 Å². The third-order valence-electron chi connectivity index (χ3n) is 3.73. The summed E-state index contributed by atoms with van der Waals surface area (Å²) in [6.07, 6.45) is 4.88. The number of aromatic nitrogens is 3. The molecule has 2 heterocycles. The van der Waals surface area contributed by atoms with Gasteiger partial charge >= 0.3 is 0 Å². The topological polar surface area (TPSA) is 79.8 Å². The molecule has 6 nitrogen and oxygen atoms in total. The zero-order valence-electron chi connectivity index (χ0n) is 14.2. The van der Waals surface area contributed by atoms with Crippen LogP contribution in [0, 0.1) is 13.8 Å². The number of nitrogens with one attached hydrogen (secondary N) is 2. The van der Waals surface area contributed by atoms with E-state index in [2.05, 4.69) is 25.6 Å². The van der Waals surface area contributed by atoms with Gasteiger partial charge in [-0.1, -0.05) is 23.8 Å². The molecule has 25 heavy (non-hydrogen) atoms. The Labute approximate surface area is 146 Å². The second-order valence-electron chi connectivity index (χ2n) is 5.78. The number of amides is 1. The van der Waals surface area contributed by atoms with Gasteiger partial charge in [0.1, 0.15) is 17.8 Å². The van der Waals surface area contributed by atoms with Gasteiger partial charge in [0, 0.05) is 30.7 Å². The fraction of sp³-hybridized carbons (Fsp3) is 0.158. The van der Waals surface area contributed by atoms with Crippen molar-refractivity contribution in [3.05, 3.63) is 77.5 Å². The molecule has 0 unspecified atom stereocenters. The monoisotopic (exact) mass is 333 g/mol. The van der Waals surface area contributed by atoms with E-state index in [0.29, 0.717) is 18.1 Å². The molecule has 2 aromatic heterocycles. The molecule has 3 aromatic rings. The van der Waals surface area contributed by atoms with Crippen molar-refractivity contribution in [3.8, 4) is 0 Å². The fourth-order valence-electron chi connectivity index (χ4n) is 2.41. The summed E-state index contributed by atoms with van der Waals surface area (Å²) in [4.78, 5) is 24.7.